The fourth-order valence-electron chi connectivity index (χ4n) is 3.27. The van der Waals surface area contributed by atoms with Gasteiger partial charge in [0, 0.05) is 37.1 Å². The lowest BCUT2D eigenvalue weighted by Crippen LogP contribution is -2.38. The molecule has 1 aromatic carbocycles. The molecule has 0 aliphatic heterocycles. The number of nitrogens with zero attached hydrogens (tertiary/aromatic N) is 4. The van der Waals surface area contributed by atoms with Crippen molar-refractivity contribution in [1.82, 2.24) is 25.9 Å². The fraction of sp³-hybridized carbons (Fsp3) is 0.478. The van der Waals surface area contributed by atoms with E-state index in [1.807, 2.05) is 19.1 Å². The summed E-state index contributed by atoms with van der Waals surface area (Å²) in [4.78, 5) is 9.11. The molecule has 0 saturated heterocycles. The first kappa shape index (κ1) is 22.5. The van der Waals surface area contributed by atoms with Crippen LogP contribution in [0.3, 0.4) is 0 Å². The van der Waals surface area contributed by atoms with Crippen LogP contribution in [0.2, 0.25) is 0 Å². The number of rotatable bonds is 10. The number of guanidine groups is 1. The molecule has 0 aliphatic carbocycles. The first-order valence-electron chi connectivity index (χ1n) is 11.1. The van der Waals surface area contributed by atoms with Crippen LogP contribution >= 0.6 is 0 Å². The Balaban J connectivity index is 1.56. The molecule has 0 fully saturated rings. The summed E-state index contributed by atoms with van der Waals surface area (Å²) >= 11 is 0. The molecule has 166 valence electrons. The molecule has 2 N–H and O–H groups in total. The van der Waals surface area contributed by atoms with E-state index in [0.717, 1.165) is 73.1 Å². The molecule has 8 nitrogen and oxygen atoms in total. The monoisotopic (exact) mass is 424 g/mol. The molecule has 0 atom stereocenters. The minimum Gasteiger partial charge on any atom is -0.361 e. The second-order valence-corrected chi connectivity index (χ2v) is 7.18. The number of nitrogens with one attached hydrogen (secondary N) is 2. The van der Waals surface area contributed by atoms with Gasteiger partial charge in [-0.15, -0.1) is 0 Å². The van der Waals surface area contributed by atoms with Gasteiger partial charge >= 0.3 is 0 Å². The van der Waals surface area contributed by atoms with Crippen molar-refractivity contribution in [3.05, 3.63) is 52.7 Å². The molecule has 0 radical (unpaired) electrons. The molecule has 0 spiro atoms. The van der Waals surface area contributed by atoms with Gasteiger partial charge in [-0.25, -0.2) is 4.99 Å². The Morgan fingerprint density at radius 2 is 1.74 bits per heavy atom. The van der Waals surface area contributed by atoms with E-state index in [1.54, 1.807) is 0 Å². The van der Waals surface area contributed by atoms with Gasteiger partial charge in [0.1, 0.15) is 5.76 Å². The van der Waals surface area contributed by atoms with Crippen molar-refractivity contribution in [1.29, 1.82) is 0 Å². The lowest BCUT2D eigenvalue weighted by Gasteiger charge is -2.11. The predicted octanol–water partition coefficient (Wildman–Crippen LogP) is 3.71. The molecule has 3 aromatic rings. The number of benzene rings is 1. The van der Waals surface area contributed by atoms with Crippen LogP contribution in [0.1, 0.15) is 56.1 Å². The summed E-state index contributed by atoms with van der Waals surface area (Å²) in [7, 11) is 0. The molecule has 2 heterocycles. The Kier molecular flexibility index (Phi) is 8.20. The highest BCUT2D eigenvalue weighted by Gasteiger charge is 2.13. The van der Waals surface area contributed by atoms with E-state index in [2.05, 4.69) is 58.8 Å². The van der Waals surface area contributed by atoms with Crippen LogP contribution in [0.15, 0.2) is 38.3 Å². The smallest absolute Gasteiger partial charge is 0.257 e. The summed E-state index contributed by atoms with van der Waals surface area (Å²) in [6.45, 7) is 10.4. The van der Waals surface area contributed by atoms with Crippen LogP contribution in [0.25, 0.3) is 11.5 Å². The van der Waals surface area contributed by atoms with Crippen molar-refractivity contribution in [2.75, 3.05) is 13.1 Å². The van der Waals surface area contributed by atoms with Gasteiger partial charge in [0.25, 0.3) is 5.89 Å². The van der Waals surface area contributed by atoms with Gasteiger partial charge in [0.2, 0.25) is 0 Å². The molecule has 0 aliphatic rings. The van der Waals surface area contributed by atoms with Gasteiger partial charge in [0.15, 0.2) is 11.8 Å². The summed E-state index contributed by atoms with van der Waals surface area (Å²) in [5.74, 6) is 3.00. The van der Waals surface area contributed by atoms with Crippen molar-refractivity contribution in [3.63, 3.8) is 0 Å². The molecule has 0 unspecified atom stereocenters. The summed E-state index contributed by atoms with van der Waals surface area (Å²) in [6.07, 6.45) is 3.31. The second-order valence-electron chi connectivity index (χ2n) is 7.18. The maximum Gasteiger partial charge on any atom is 0.257 e. The third-order valence-corrected chi connectivity index (χ3v) is 5.04. The third-order valence-electron chi connectivity index (χ3n) is 5.04. The van der Waals surface area contributed by atoms with E-state index in [1.165, 1.54) is 5.56 Å². The number of aryl methyl sites for hydroxylation is 3. The molecule has 0 amide bonds. The van der Waals surface area contributed by atoms with Crippen LogP contribution in [0, 0.1) is 0 Å². The minimum atomic E-state index is 0.559. The Bertz CT molecular complexity index is 953. The van der Waals surface area contributed by atoms with Gasteiger partial charge in [-0.1, -0.05) is 43.2 Å². The fourth-order valence-corrected chi connectivity index (χ4v) is 3.27. The number of hydrogen-bond donors (Lipinski definition) is 2. The molecule has 0 saturated carbocycles. The largest absolute Gasteiger partial charge is 0.361 e. The van der Waals surface area contributed by atoms with Gasteiger partial charge in [-0.05, 0) is 37.5 Å². The molecular weight excluding hydrogens is 392 g/mol. The maximum atomic E-state index is 5.44. The first-order chi connectivity index (χ1) is 15.2. The average molecular weight is 425 g/mol. The van der Waals surface area contributed by atoms with E-state index < -0.39 is 0 Å². The van der Waals surface area contributed by atoms with Crippen molar-refractivity contribution >= 4 is 5.96 Å². The van der Waals surface area contributed by atoms with E-state index in [-0.39, 0.29) is 0 Å². The molecule has 2 aromatic heterocycles. The molecule has 8 heteroatoms. The van der Waals surface area contributed by atoms with Crippen LogP contribution in [0.4, 0.5) is 0 Å². The van der Waals surface area contributed by atoms with Gasteiger partial charge < -0.3 is 19.7 Å². The highest BCUT2D eigenvalue weighted by molar-refractivity contribution is 5.79. The highest BCUT2D eigenvalue weighted by Crippen LogP contribution is 2.18. The molecule has 0 bridgehead atoms. The van der Waals surface area contributed by atoms with Crippen LogP contribution in [-0.2, 0) is 32.2 Å². The zero-order valence-corrected chi connectivity index (χ0v) is 18.9. The zero-order valence-electron chi connectivity index (χ0n) is 18.9. The zero-order chi connectivity index (χ0) is 22.1. The van der Waals surface area contributed by atoms with Gasteiger partial charge in [0.05, 0.1) is 12.2 Å². The molecular formula is C23H32N6O2. The Morgan fingerprint density at radius 1 is 0.935 bits per heavy atom. The van der Waals surface area contributed by atoms with E-state index >= 15 is 0 Å². The average Bonchev–Trinajstić information content (AvgIpc) is 3.44. The van der Waals surface area contributed by atoms with Crippen molar-refractivity contribution in [2.45, 2.75) is 59.9 Å². The van der Waals surface area contributed by atoms with Crippen molar-refractivity contribution in [2.24, 2.45) is 4.99 Å². The summed E-state index contributed by atoms with van der Waals surface area (Å²) in [5, 5.41) is 14.8. The van der Waals surface area contributed by atoms with E-state index in [4.69, 9.17) is 14.0 Å². The summed E-state index contributed by atoms with van der Waals surface area (Å²) < 4.78 is 10.7. The number of hydrogen-bond acceptors (Lipinski definition) is 6. The van der Waals surface area contributed by atoms with Crippen molar-refractivity contribution < 1.29 is 9.05 Å². The lowest BCUT2D eigenvalue weighted by atomic mass is 10.1. The minimum absolute atomic E-state index is 0.559. The lowest BCUT2D eigenvalue weighted by molar-refractivity contribution is 0.380. The SMILES string of the molecule is CCNC(=NCc1c(CC)noc1CC)NCCc1ccc(-c2nc(CC)no2)cc1. The standard InChI is InChI=1S/C23H32N6O2/c1-5-19-18(20(6-2)30-28-19)15-26-23(24-8-4)25-14-13-16-9-11-17(12-10-16)22-27-21(7-3)29-31-22/h9-12H,5-8,13-15H2,1-4H3,(H2,24,25,26). The molecule has 31 heavy (non-hydrogen) atoms. The quantitative estimate of drug-likeness (QED) is 0.378. The Morgan fingerprint density at radius 3 is 2.39 bits per heavy atom. The number of aliphatic imine (C=N–C) groups is 1. The van der Waals surface area contributed by atoms with Crippen LogP contribution in [-0.4, -0.2) is 34.3 Å². The third kappa shape index (κ3) is 5.93. The maximum absolute atomic E-state index is 5.44. The van der Waals surface area contributed by atoms with Crippen molar-refractivity contribution in [3.8, 4) is 11.5 Å². The Hall–Kier alpha value is -3.16. The summed E-state index contributed by atoms with van der Waals surface area (Å²) in [6, 6.07) is 8.22. The predicted molar refractivity (Wildman–Crippen MR) is 121 cm³/mol. The number of aromatic nitrogens is 3. The highest BCUT2D eigenvalue weighted by atomic mass is 16.5. The molecule has 3 rings (SSSR count). The first-order valence-corrected chi connectivity index (χ1v) is 11.1. The van der Waals surface area contributed by atoms with E-state index in [9.17, 15) is 0 Å². The van der Waals surface area contributed by atoms with E-state index in [0.29, 0.717) is 12.4 Å². The van der Waals surface area contributed by atoms with Crippen LogP contribution in [0.5, 0.6) is 0 Å². The normalized spacial score (nSPS) is 11.7. The second kappa shape index (κ2) is 11.3. The van der Waals surface area contributed by atoms with Crippen LogP contribution < -0.4 is 10.6 Å². The van der Waals surface area contributed by atoms with Gasteiger partial charge in [-0.3, -0.25) is 0 Å². The Labute approximate surface area is 183 Å². The van der Waals surface area contributed by atoms with Gasteiger partial charge in [-0.2, -0.15) is 4.98 Å². The summed E-state index contributed by atoms with van der Waals surface area (Å²) in [5.41, 5.74) is 4.25. The topological polar surface area (TPSA) is 101 Å².